The Kier molecular flexibility index (Phi) is 8.89. The van der Waals surface area contributed by atoms with Gasteiger partial charge in [0.25, 0.3) is 3.79 Å². The van der Waals surface area contributed by atoms with Crippen molar-refractivity contribution in [2.45, 2.75) is 48.3 Å². The van der Waals surface area contributed by atoms with E-state index in [-0.39, 0.29) is 6.54 Å². The molecule has 0 bridgehead atoms. The van der Waals surface area contributed by atoms with Crippen LogP contribution >= 0.6 is 34.8 Å². The fourth-order valence-corrected chi connectivity index (χ4v) is 2.41. The highest BCUT2D eigenvalue weighted by atomic mass is 35.6. The summed E-state index contributed by atoms with van der Waals surface area (Å²) < 4.78 is 18.6. The van der Waals surface area contributed by atoms with Crippen molar-refractivity contribution in [2.75, 3.05) is 6.54 Å². The van der Waals surface area contributed by atoms with Crippen molar-refractivity contribution in [3.05, 3.63) is 20.9 Å². The Bertz CT molecular complexity index is 719. The van der Waals surface area contributed by atoms with E-state index in [0.717, 1.165) is 13.8 Å². The van der Waals surface area contributed by atoms with Crippen LogP contribution in [-0.2, 0) is 28.5 Å². The van der Waals surface area contributed by atoms with Crippen LogP contribution in [0.1, 0.15) is 13.8 Å². The topological polar surface area (TPSA) is 192 Å². The van der Waals surface area contributed by atoms with E-state index in [1.165, 1.54) is 0 Å². The first-order valence-electron chi connectivity index (χ1n) is 7.38. The maximum Gasteiger partial charge on any atom is 0.303 e. The molecule has 5 atom stereocenters. The van der Waals surface area contributed by atoms with Crippen molar-refractivity contribution >= 4 is 52.6 Å². The van der Waals surface area contributed by atoms with Crippen molar-refractivity contribution in [1.29, 1.82) is 5.41 Å². The third-order valence-corrected chi connectivity index (χ3v) is 3.74. The number of carbonyl (C=O) groups is 2. The summed E-state index contributed by atoms with van der Waals surface area (Å²) in [4.78, 5) is 28.3. The molecule has 1 N–H and O–H groups in total. The molecule has 0 spiro atoms. The van der Waals surface area contributed by atoms with Crippen LogP contribution in [0.3, 0.4) is 0 Å². The van der Waals surface area contributed by atoms with Crippen LogP contribution in [0.5, 0.6) is 0 Å². The van der Waals surface area contributed by atoms with Crippen molar-refractivity contribution < 1.29 is 28.5 Å². The molecule has 0 aromatic carbocycles. The zero-order valence-corrected chi connectivity index (χ0v) is 16.6. The van der Waals surface area contributed by atoms with Crippen molar-refractivity contribution in [2.24, 2.45) is 10.2 Å². The molecule has 1 heterocycles. The number of carbonyl (C=O) groups excluding carboxylic acids is 2. The predicted octanol–water partition coefficient (Wildman–Crippen LogP) is 2.93. The lowest BCUT2D eigenvalue weighted by Crippen LogP contribution is -2.61. The Labute approximate surface area is 172 Å². The van der Waals surface area contributed by atoms with E-state index in [1.54, 1.807) is 0 Å². The number of ether oxygens (including phenoxy) is 4. The van der Waals surface area contributed by atoms with Crippen LogP contribution in [0.2, 0.25) is 0 Å². The first kappa shape index (κ1) is 23.9. The number of nitrogens with zero attached hydrogens (tertiary/aromatic N) is 6. The summed E-state index contributed by atoms with van der Waals surface area (Å²) in [6, 6.07) is -1.26. The lowest BCUT2D eigenvalue weighted by Gasteiger charge is -2.43. The summed E-state index contributed by atoms with van der Waals surface area (Å²) in [6.07, 6.45) is -5.68. The molecule has 1 saturated heterocycles. The van der Waals surface area contributed by atoms with Gasteiger partial charge in [0.15, 0.2) is 6.10 Å². The number of rotatable bonds is 6. The quantitative estimate of drug-likeness (QED) is 0.121. The fraction of sp³-hybridized carbons (Fsp3) is 0.750. The van der Waals surface area contributed by atoms with Gasteiger partial charge in [-0.2, -0.15) is 0 Å². The van der Waals surface area contributed by atoms with Gasteiger partial charge in [0.1, 0.15) is 6.04 Å². The van der Waals surface area contributed by atoms with Crippen LogP contribution in [0.4, 0.5) is 0 Å². The average molecular weight is 459 g/mol. The number of hydrogen-bond acceptors (Lipinski definition) is 9. The highest BCUT2D eigenvalue weighted by molar-refractivity contribution is 6.76. The van der Waals surface area contributed by atoms with Gasteiger partial charge in [-0.05, 0) is 11.1 Å². The number of azide groups is 2. The van der Waals surface area contributed by atoms with Crippen molar-refractivity contribution in [3.63, 3.8) is 0 Å². The van der Waals surface area contributed by atoms with E-state index in [0.29, 0.717) is 0 Å². The van der Waals surface area contributed by atoms with E-state index in [1.807, 2.05) is 0 Å². The second-order valence-electron chi connectivity index (χ2n) is 5.24. The summed E-state index contributed by atoms with van der Waals surface area (Å²) in [6.45, 7) is 1.75. The first-order valence-corrected chi connectivity index (χ1v) is 8.52. The molecule has 16 heteroatoms. The monoisotopic (exact) mass is 457 g/mol. The number of nitrogens with one attached hydrogen (secondary N) is 1. The smallest absolute Gasteiger partial charge is 0.303 e. The van der Waals surface area contributed by atoms with E-state index < -0.39 is 52.3 Å². The first-order chi connectivity index (χ1) is 13.0. The molecule has 0 unspecified atom stereocenters. The molecule has 1 rings (SSSR count). The number of hydrogen-bond donors (Lipinski definition) is 1. The van der Waals surface area contributed by atoms with Crippen LogP contribution in [0.25, 0.3) is 20.9 Å². The van der Waals surface area contributed by atoms with Gasteiger partial charge in [-0.25, -0.2) is 0 Å². The van der Waals surface area contributed by atoms with E-state index in [2.05, 4.69) is 20.1 Å². The molecule has 0 aromatic rings. The number of esters is 2. The van der Waals surface area contributed by atoms with E-state index >= 15 is 0 Å². The Morgan fingerprint density at radius 2 is 1.68 bits per heavy atom. The molecular formula is C12H14Cl3N7O6. The molecule has 13 nitrogen and oxygen atoms in total. The fourth-order valence-electron chi connectivity index (χ4n) is 2.28. The minimum absolute atomic E-state index is 0.369. The zero-order chi connectivity index (χ0) is 21.5. The molecule has 1 aliphatic rings. The lowest BCUT2D eigenvalue weighted by atomic mass is 9.96. The standard InChI is InChI=1S/C12H14Cl3N7O6/c1-4(23)25-8-7(20-22-18)6(3-19-21-17)27-10(9(8)26-5(2)24)28-11(16)12(13,14)15/h6-10,16H,3H2,1-2H3/t6-,7+,8+,9-,10-/m1/s1. The largest absolute Gasteiger partial charge is 0.458 e. The molecule has 1 aliphatic heterocycles. The molecule has 0 saturated carbocycles. The summed E-state index contributed by atoms with van der Waals surface area (Å²) in [7, 11) is 0. The third kappa shape index (κ3) is 6.79. The summed E-state index contributed by atoms with van der Waals surface area (Å²) in [5.74, 6) is -2.51. The molecule has 28 heavy (non-hydrogen) atoms. The molecule has 154 valence electrons. The minimum atomic E-state index is -2.27. The second kappa shape index (κ2) is 10.4. The SMILES string of the molecule is CC(=O)O[C@H]1[C@@H](OC(=N)C(Cl)(Cl)Cl)O[C@H](CN=[N+]=[N-])[C@H](N=[N+]=[N-])[C@@H]1OC(C)=O. The highest BCUT2D eigenvalue weighted by Crippen LogP contribution is 2.33. The van der Waals surface area contributed by atoms with Gasteiger partial charge in [0.2, 0.25) is 18.3 Å². The Morgan fingerprint density at radius 1 is 1.11 bits per heavy atom. The van der Waals surface area contributed by atoms with Crippen LogP contribution in [0.15, 0.2) is 10.2 Å². The van der Waals surface area contributed by atoms with Gasteiger partial charge in [-0.15, -0.1) is 0 Å². The molecular weight excluding hydrogens is 445 g/mol. The van der Waals surface area contributed by atoms with Crippen LogP contribution in [0, 0.1) is 5.41 Å². The van der Waals surface area contributed by atoms with Gasteiger partial charge in [0, 0.05) is 23.7 Å². The zero-order valence-electron chi connectivity index (χ0n) is 14.4. The van der Waals surface area contributed by atoms with Gasteiger partial charge in [0.05, 0.1) is 12.6 Å². The van der Waals surface area contributed by atoms with Gasteiger partial charge in [-0.1, -0.05) is 45.0 Å². The van der Waals surface area contributed by atoms with Crippen molar-refractivity contribution in [1.82, 2.24) is 0 Å². The predicted molar refractivity (Wildman–Crippen MR) is 95.8 cm³/mol. The minimum Gasteiger partial charge on any atom is -0.458 e. The molecule has 0 radical (unpaired) electrons. The Morgan fingerprint density at radius 3 is 2.14 bits per heavy atom. The molecule has 1 fully saturated rings. The third-order valence-electron chi connectivity index (χ3n) is 3.22. The summed E-state index contributed by atoms with van der Waals surface area (Å²) in [5, 5.41) is 14.5. The molecule has 0 aliphatic carbocycles. The van der Waals surface area contributed by atoms with Gasteiger partial charge < -0.3 is 18.9 Å². The summed E-state index contributed by atoms with van der Waals surface area (Å²) >= 11 is 16.7. The molecule has 0 amide bonds. The highest BCUT2D eigenvalue weighted by Gasteiger charge is 2.51. The summed E-state index contributed by atoms with van der Waals surface area (Å²) in [5.41, 5.74) is 17.4. The number of halogens is 3. The Hall–Kier alpha value is -2.14. The molecule has 0 aromatic heterocycles. The lowest BCUT2D eigenvalue weighted by molar-refractivity contribution is -0.257. The van der Waals surface area contributed by atoms with E-state index in [9.17, 15) is 9.59 Å². The van der Waals surface area contributed by atoms with E-state index in [4.69, 9.17) is 70.2 Å². The maximum atomic E-state index is 11.5. The van der Waals surface area contributed by atoms with Gasteiger partial charge in [-0.3, -0.25) is 15.0 Å². The van der Waals surface area contributed by atoms with Gasteiger partial charge >= 0.3 is 11.9 Å². The average Bonchev–Trinajstić information content (AvgIpc) is 2.56. The normalized spacial score (nSPS) is 26.8. The Balaban J connectivity index is 3.38. The van der Waals surface area contributed by atoms with Crippen LogP contribution in [-0.4, -0.2) is 58.8 Å². The second-order valence-corrected chi connectivity index (χ2v) is 7.53. The maximum absolute atomic E-state index is 11.5. The van der Waals surface area contributed by atoms with Crippen LogP contribution < -0.4 is 0 Å². The van der Waals surface area contributed by atoms with Crippen molar-refractivity contribution in [3.8, 4) is 0 Å². The number of alkyl halides is 3.